The average molecular weight is 380 g/mol. The van der Waals surface area contributed by atoms with Crippen molar-refractivity contribution in [1.29, 1.82) is 0 Å². The van der Waals surface area contributed by atoms with E-state index in [0.29, 0.717) is 5.92 Å². The largest absolute Gasteiger partial charge is 0.465 e. The normalized spacial score (nSPS) is 17.4. The van der Waals surface area contributed by atoms with Crippen LogP contribution in [0.25, 0.3) is 10.9 Å². The van der Waals surface area contributed by atoms with E-state index in [1.165, 1.54) is 11.3 Å². The lowest BCUT2D eigenvalue weighted by Gasteiger charge is -2.23. The number of aliphatic hydroxyl groups excluding tert-OH is 1. The summed E-state index contributed by atoms with van der Waals surface area (Å²) < 4.78 is 14.1. The topological polar surface area (TPSA) is 43.6 Å². The van der Waals surface area contributed by atoms with E-state index in [4.69, 9.17) is 9.47 Å². The maximum atomic E-state index is 10.2. The van der Waals surface area contributed by atoms with Crippen LogP contribution >= 0.6 is 0 Å². The lowest BCUT2D eigenvalue weighted by atomic mass is 10.0. The summed E-state index contributed by atoms with van der Waals surface area (Å²) in [7, 11) is 0. The van der Waals surface area contributed by atoms with Gasteiger partial charge in [0.2, 0.25) is 0 Å². The number of rotatable bonds is 6. The van der Waals surface area contributed by atoms with Crippen LogP contribution in [0.4, 0.5) is 0 Å². The average Bonchev–Trinajstić information content (AvgIpc) is 3.02. The standard InChI is InChI=1S/C24H29NO3/c1-17(2)24-21(16-26)20-14-19(28-23-10-6-7-13-27-23)11-12-22(20)25(24)15-18-8-4-3-5-9-18/h3-5,8-9,11-12,14,17,23,26H,6-7,10,13,15-16H2,1-2H3. The van der Waals surface area contributed by atoms with Crippen LogP contribution in [-0.2, 0) is 17.9 Å². The first-order valence-corrected chi connectivity index (χ1v) is 10.3. The molecule has 2 aromatic carbocycles. The summed E-state index contributed by atoms with van der Waals surface area (Å²) in [5.41, 5.74) is 4.57. The molecule has 4 nitrogen and oxygen atoms in total. The van der Waals surface area contributed by atoms with Gasteiger partial charge in [-0.3, -0.25) is 0 Å². The Morgan fingerprint density at radius 3 is 2.64 bits per heavy atom. The predicted octanol–water partition coefficient (Wildman–Crippen LogP) is 5.21. The number of hydrogen-bond acceptors (Lipinski definition) is 3. The zero-order chi connectivity index (χ0) is 19.5. The monoisotopic (exact) mass is 379 g/mol. The molecule has 1 aliphatic heterocycles. The number of fused-ring (bicyclic) bond motifs is 1. The molecule has 0 bridgehead atoms. The highest BCUT2D eigenvalue weighted by Gasteiger charge is 2.21. The second-order valence-electron chi connectivity index (χ2n) is 7.84. The molecule has 0 spiro atoms. The predicted molar refractivity (Wildman–Crippen MR) is 112 cm³/mol. The Kier molecular flexibility index (Phi) is 5.69. The summed E-state index contributed by atoms with van der Waals surface area (Å²) in [4.78, 5) is 0. The number of aliphatic hydroxyl groups is 1. The lowest BCUT2D eigenvalue weighted by Crippen LogP contribution is -2.24. The molecule has 1 atom stereocenters. The van der Waals surface area contributed by atoms with Crippen molar-refractivity contribution in [2.24, 2.45) is 0 Å². The van der Waals surface area contributed by atoms with Crippen molar-refractivity contribution in [3.63, 3.8) is 0 Å². The van der Waals surface area contributed by atoms with E-state index in [-0.39, 0.29) is 12.9 Å². The second kappa shape index (κ2) is 8.38. The molecule has 2 heterocycles. The third-order valence-electron chi connectivity index (χ3n) is 5.48. The van der Waals surface area contributed by atoms with Crippen LogP contribution in [0.2, 0.25) is 0 Å². The minimum absolute atomic E-state index is 0.0230. The summed E-state index contributed by atoms with van der Waals surface area (Å²) in [6.07, 6.45) is 3.00. The molecule has 28 heavy (non-hydrogen) atoms. The van der Waals surface area contributed by atoms with E-state index in [1.807, 2.05) is 12.1 Å². The van der Waals surface area contributed by atoms with Crippen molar-refractivity contribution < 1.29 is 14.6 Å². The number of benzene rings is 2. The Hall–Kier alpha value is -2.30. The van der Waals surface area contributed by atoms with Crippen LogP contribution in [0, 0.1) is 0 Å². The molecule has 0 amide bonds. The van der Waals surface area contributed by atoms with Crippen LogP contribution in [-0.4, -0.2) is 22.6 Å². The molecule has 0 aliphatic carbocycles. The van der Waals surface area contributed by atoms with Crippen LogP contribution in [0.5, 0.6) is 5.75 Å². The van der Waals surface area contributed by atoms with E-state index in [1.54, 1.807) is 0 Å². The van der Waals surface area contributed by atoms with Crippen LogP contribution in [0.3, 0.4) is 0 Å². The summed E-state index contributed by atoms with van der Waals surface area (Å²) in [6, 6.07) is 16.7. The van der Waals surface area contributed by atoms with Gasteiger partial charge in [0.05, 0.1) is 13.2 Å². The van der Waals surface area contributed by atoms with E-state index >= 15 is 0 Å². The Balaban J connectivity index is 1.75. The Morgan fingerprint density at radius 2 is 1.96 bits per heavy atom. The maximum absolute atomic E-state index is 10.2. The highest BCUT2D eigenvalue weighted by molar-refractivity contribution is 5.87. The highest BCUT2D eigenvalue weighted by Crippen LogP contribution is 2.35. The van der Waals surface area contributed by atoms with E-state index in [9.17, 15) is 5.11 Å². The van der Waals surface area contributed by atoms with Gasteiger partial charge in [0.25, 0.3) is 0 Å². The first-order valence-electron chi connectivity index (χ1n) is 10.3. The molecule has 0 saturated carbocycles. The molecule has 1 fully saturated rings. The molecule has 1 saturated heterocycles. The minimum atomic E-state index is -0.167. The van der Waals surface area contributed by atoms with Crippen LogP contribution in [0.1, 0.15) is 55.8 Å². The zero-order valence-corrected chi connectivity index (χ0v) is 16.7. The zero-order valence-electron chi connectivity index (χ0n) is 16.7. The fourth-order valence-electron chi connectivity index (χ4n) is 4.21. The number of aromatic nitrogens is 1. The van der Waals surface area contributed by atoms with Crippen molar-refractivity contribution in [1.82, 2.24) is 4.57 Å². The molecule has 1 aliphatic rings. The molecule has 1 N–H and O–H groups in total. The molecular weight excluding hydrogens is 350 g/mol. The third kappa shape index (κ3) is 3.80. The first-order chi connectivity index (χ1) is 13.7. The van der Waals surface area contributed by atoms with Gasteiger partial charge in [-0.25, -0.2) is 0 Å². The van der Waals surface area contributed by atoms with Gasteiger partial charge < -0.3 is 19.1 Å². The van der Waals surface area contributed by atoms with Gasteiger partial charge in [0, 0.05) is 35.1 Å². The first kappa shape index (κ1) is 19.0. The van der Waals surface area contributed by atoms with E-state index in [2.05, 4.69) is 54.8 Å². The third-order valence-corrected chi connectivity index (χ3v) is 5.48. The van der Waals surface area contributed by atoms with Gasteiger partial charge in [-0.2, -0.15) is 0 Å². The molecule has 148 valence electrons. The van der Waals surface area contributed by atoms with Gasteiger partial charge in [-0.1, -0.05) is 44.2 Å². The van der Waals surface area contributed by atoms with Gasteiger partial charge in [0.15, 0.2) is 6.29 Å². The summed E-state index contributed by atoms with van der Waals surface area (Å²) >= 11 is 0. The van der Waals surface area contributed by atoms with Crippen molar-refractivity contribution in [2.75, 3.05) is 6.61 Å². The Bertz CT molecular complexity index is 924. The second-order valence-corrected chi connectivity index (χ2v) is 7.84. The van der Waals surface area contributed by atoms with Gasteiger partial charge in [-0.15, -0.1) is 0 Å². The van der Waals surface area contributed by atoms with Gasteiger partial charge in [0.1, 0.15) is 5.75 Å². The molecule has 0 radical (unpaired) electrons. The fraction of sp³-hybridized carbons (Fsp3) is 0.417. The Labute approximate surface area is 166 Å². The molecular formula is C24H29NO3. The molecule has 1 unspecified atom stereocenters. The molecule has 4 rings (SSSR count). The SMILES string of the molecule is CC(C)c1c(CO)c2cc(OC3CCCCO3)ccc2n1Cc1ccccc1. The molecule has 4 heteroatoms. The Morgan fingerprint density at radius 1 is 1.14 bits per heavy atom. The smallest absolute Gasteiger partial charge is 0.199 e. The van der Waals surface area contributed by atoms with Crippen molar-refractivity contribution >= 4 is 10.9 Å². The fourth-order valence-corrected chi connectivity index (χ4v) is 4.21. The minimum Gasteiger partial charge on any atom is -0.465 e. The van der Waals surface area contributed by atoms with Gasteiger partial charge >= 0.3 is 0 Å². The van der Waals surface area contributed by atoms with E-state index in [0.717, 1.165) is 54.6 Å². The van der Waals surface area contributed by atoms with Crippen molar-refractivity contribution in [2.45, 2.75) is 58.5 Å². The molecule has 3 aromatic rings. The van der Waals surface area contributed by atoms with Gasteiger partial charge in [-0.05, 0) is 42.5 Å². The van der Waals surface area contributed by atoms with Crippen LogP contribution < -0.4 is 4.74 Å². The van der Waals surface area contributed by atoms with Crippen molar-refractivity contribution in [3.8, 4) is 5.75 Å². The quantitative estimate of drug-likeness (QED) is 0.639. The molecule has 1 aromatic heterocycles. The van der Waals surface area contributed by atoms with Crippen molar-refractivity contribution in [3.05, 3.63) is 65.4 Å². The number of nitrogens with zero attached hydrogens (tertiary/aromatic N) is 1. The summed E-state index contributed by atoms with van der Waals surface area (Å²) in [5.74, 6) is 1.12. The summed E-state index contributed by atoms with van der Waals surface area (Å²) in [5, 5.41) is 11.2. The number of ether oxygens (including phenoxy) is 2. The maximum Gasteiger partial charge on any atom is 0.199 e. The van der Waals surface area contributed by atoms with Crippen LogP contribution in [0.15, 0.2) is 48.5 Å². The number of hydrogen-bond donors (Lipinski definition) is 1. The highest BCUT2D eigenvalue weighted by atomic mass is 16.7. The lowest BCUT2D eigenvalue weighted by molar-refractivity contribution is -0.105. The summed E-state index contributed by atoms with van der Waals surface area (Å²) in [6.45, 7) is 5.94. The van der Waals surface area contributed by atoms with E-state index < -0.39 is 0 Å².